The molecule has 0 fully saturated rings. The SMILES string of the molecule is COC(C)C(NN)c1ccc(F)c(F)c1F. The molecular formula is C10H13F3N2O. The first-order valence-corrected chi connectivity index (χ1v) is 4.65. The fraction of sp³-hybridized carbons (Fsp3) is 0.400. The van der Waals surface area contributed by atoms with Gasteiger partial charge in [-0.3, -0.25) is 11.3 Å². The van der Waals surface area contributed by atoms with Crippen LogP contribution in [-0.2, 0) is 4.74 Å². The van der Waals surface area contributed by atoms with Crippen molar-refractivity contribution in [2.45, 2.75) is 19.1 Å². The molecule has 0 saturated heterocycles. The fourth-order valence-corrected chi connectivity index (χ4v) is 1.40. The zero-order valence-electron chi connectivity index (χ0n) is 8.93. The number of hydrogen-bond acceptors (Lipinski definition) is 3. The average molecular weight is 234 g/mol. The maximum atomic E-state index is 13.4. The summed E-state index contributed by atoms with van der Waals surface area (Å²) >= 11 is 0. The third-order valence-electron chi connectivity index (χ3n) is 2.42. The summed E-state index contributed by atoms with van der Waals surface area (Å²) in [6.07, 6.45) is -0.482. The van der Waals surface area contributed by atoms with Crippen LogP contribution in [0.2, 0.25) is 0 Å². The van der Waals surface area contributed by atoms with Crippen molar-refractivity contribution in [3.05, 3.63) is 35.1 Å². The van der Waals surface area contributed by atoms with Gasteiger partial charge in [0.25, 0.3) is 0 Å². The molecule has 16 heavy (non-hydrogen) atoms. The van der Waals surface area contributed by atoms with Gasteiger partial charge in [-0.05, 0) is 13.0 Å². The van der Waals surface area contributed by atoms with Gasteiger partial charge >= 0.3 is 0 Å². The Kier molecular flexibility index (Phi) is 4.28. The molecule has 0 aliphatic carbocycles. The van der Waals surface area contributed by atoms with Crippen molar-refractivity contribution in [3.63, 3.8) is 0 Å². The highest BCUT2D eigenvalue weighted by molar-refractivity contribution is 5.24. The molecule has 3 N–H and O–H groups in total. The van der Waals surface area contributed by atoms with Crippen molar-refractivity contribution < 1.29 is 17.9 Å². The summed E-state index contributed by atoms with van der Waals surface area (Å²) in [6.45, 7) is 1.63. The highest BCUT2D eigenvalue weighted by atomic mass is 19.2. The molecular weight excluding hydrogens is 221 g/mol. The van der Waals surface area contributed by atoms with E-state index in [1.807, 2.05) is 0 Å². The predicted molar refractivity (Wildman–Crippen MR) is 52.9 cm³/mol. The van der Waals surface area contributed by atoms with E-state index < -0.39 is 29.6 Å². The molecule has 0 bridgehead atoms. The van der Waals surface area contributed by atoms with Gasteiger partial charge in [0.2, 0.25) is 0 Å². The number of rotatable bonds is 4. The summed E-state index contributed by atoms with van der Waals surface area (Å²) in [5.74, 6) is 1.22. The summed E-state index contributed by atoms with van der Waals surface area (Å²) in [6, 6.07) is 1.23. The first-order valence-electron chi connectivity index (χ1n) is 4.65. The monoisotopic (exact) mass is 234 g/mol. The summed E-state index contributed by atoms with van der Waals surface area (Å²) < 4.78 is 44.1. The van der Waals surface area contributed by atoms with Crippen LogP contribution in [0.1, 0.15) is 18.5 Å². The summed E-state index contributed by atoms with van der Waals surface area (Å²) in [5.41, 5.74) is 2.23. The van der Waals surface area contributed by atoms with Gasteiger partial charge in [-0.1, -0.05) is 6.07 Å². The number of hydrogen-bond donors (Lipinski definition) is 2. The van der Waals surface area contributed by atoms with E-state index in [0.717, 1.165) is 12.1 Å². The van der Waals surface area contributed by atoms with Gasteiger partial charge in [0, 0.05) is 12.7 Å². The minimum Gasteiger partial charge on any atom is -0.380 e. The molecule has 0 spiro atoms. The highest BCUT2D eigenvalue weighted by Crippen LogP contribution is 2.24. The van der Waals surface area contributed by atoms with Crippen LogP contribution in [0.5, 0.6) is 0 Å². The molecule has 0 aromatic heterocycles. The Hall–Kier alpha value is -1.11. The van der Waals surface area contributed by atoms with Crippen molar-refractivity contribution in [1.29, 1.82) is 0 Å². The van der Waals surface area contributed by atoms with Crippen molar-refractivity contribution >= 4 is 0 Å². The Balaban J connectivity index is 3.16. The lowest BCUT2D eigenvalue weighted by Gasteiger charge is -2.22. The minimum absolute atomic E-state index is 0.0734. The average Bonchev–Trinajstić information content (AvgIpc) is 2.29. The smallest absolute Gasteiger partial charge is 0.194 e. The van der Waals surface area contributed by atoms with Crippen LogP contribution < -0.4 is 11.3 Å². The van der Waals surface area contributed by atoms with E-state index >= 15 is 0 Å². The zero-order valence-corrected chi connectivity index (χ0v) is 8.93. The largest absolute Gasteiger partial charge is 0.380 e. The molecule has 0 heterocycles. The molecule has 0 saturated carbocycles. The van der Waals surface area contributed by atoms with E-state index in [1.54, 1.807) is 6.92 Å². The number of nitrogens with two attached hydrogens (primary N) is 1. The van der Waals surface area contributed by atoms with E-state index in [2.05, 4.69) is 5.43 Å². The van der Waals surface area contributed by atoms with Crippen LogP contribution in [0, 0.1) is 17.5 Å². The topological polar surface area (TPSA) is 47.3 Å². The number of nitrogens with one attached hydrogen (secondary N) is 1. The van der Waals surface area contributed by atoms with Crippen molar-refractivity contribution in [1.82, 2.24) is 5.43 Å². The fourth-order valence-electron chi connectivity index (χ4n) is 1.40. The van der Waals surface area contributed by atoms with Crippen LogP contribution >= 0.6 is 0 Å². The Labute approximate surface area is 91.4 Å². The van der Waals surface area contributed by atoms with Crippen LogP contribution in [0.3, 0.4) is 0 Å². The summed E-state index contributed by atoms with van der Waals surface area (Å²) in [5, 5.41) is 0. The Morgan fingerprint density at radius 2 is 1.88 bits per heavy atom. The van der Waals surface area contributed by atoms with Gasteiger partial charge in [-0.2, -0.15) is 0 Å². The second-order valence-corrected chi connectivity index (χ2v) is 3.35. The zero-order chi connectivity index (χ0) is 12.3. The van der Waals surface area contributed by atoms with Crippen molar-refractivity contribution in [2.75, 3.05) is 7.11 Å². The maximum absolute atomic E-state index is 13.4. The highest BCUT2D eigenvalue weighted by Gasteiger charge is 2.24. The van der Waals surface area contributed by atoms with E-state index in [1.165, 1.54) is 7.11 Å². The molecule has 1 aromatic carbocycles. The molecule has 0 aliphatic rings. The van der Waals surface area contributed by atoms with E-state index in [-0.39, 0.29) is 5.56 Å². The van der Waals surface area contributed by atoms with Gasteiger partial charge in [0.05, 0.1) is 12.1 Å². The summed E-state index contributed by atoms with van der Waals surface area (Å²) in [4.78, 5) is 0. The lowest BCUT2D eigenvalue weighted by molar-refractivity contribution is 0.0815. The van der Waals surface area contributed by atoms with Crippen LogP contribution in [0.15, 0.2) is 12.1 Å². The third-order valence-corrected chi connectivity index (χ3v) is 2.42. The van der Waals surface area contributed by atoms with Gasteiger partial charge in [-0.15, -0.1) is 0 Å². The molecule has 0 amide bonds. The number of halogens is 3. The lowest BCUT2D eigenvalue weighted by Crippen LogP contribution is -2.36. The summed E-state index contributed by atoms with van der Waals surface area (Å²) in [7, 11) is 1.41. The van der Waals surface area contributed by atoms with Gasteiger partial charge < -0.3 is 4.74 Å². The second-order valence-electron chi connectivity index (χ2n) is 3.35. The maximum Gasteiger partial charge on any atom is 0.194 e. The van der Waals surface area contributed by atoms with Gasteiger partial charge in [0.1, 0.15) is 0 Å². The Bertz CT molecular complexity index is 373. The molecule has 0 aliphatic heterocycles. The van der Waals surface area contributed by atoms with E-state index in [4.69, 9.17) is 10.6 Å². The van der Waals surface area contributed by atoms with Crippen LogP contribution in [0.4, 0.5) is 13.2 Å². The Morgan fingerprint density at radius 1 is 1.25 bits per heavy atom. The molecule has 2 atom stereocenters. The predicted octanol–water partition coefficient (Wildman–Crippen LogP) is 1.64. The van der Waals surface area contributed by atoms with Crippen LogP contribution in [0.25, 0.3) is 0 Å². The third kappa shape index (κ3) is 2.34. The lowest BCUT2D eigenvalue weighted by atomic mass is 10.0. The molecule has 90 valence electrons. The molecule has 1 aromatic rings. The molecule has 6 heteroatoms. The first-order chi connectivity index (χ1) is 7.52. The Morgan fingerprint density at radius 3 is 2.38 bits per heavy atom. The number of methoxy groups -OCH3 is 1. The molecule has 0 radical (unpaired) electrons. The van der Waals surface area contributed by atoms with Crippen LogP contribution in [-0.4, -0.2) is 13.2 Å². The van der Waals surface area contributed by atoms with E-state index in [9.17, 15) is 13.2 Å². The second kappa shape index (κ2) is 5.29. The van der Waals surface area contributed by atoms with Gasteiger partial charge in [0.15, 0.2) is 17.5 Å². The number of benzene rings is 1. The minimum atomic E-state index is -1.51. The van der Waals surface area contributed by atoms with E-state index in [0.29, 0.717) is 0 Å². The molecule has 1 rings (SSSR count). The number of hydrazine groups is 1. The van der Waals surface area contributed by atoms with Crippen molar-refractivity contribution in [3.8, 4) is 0 Å². The quantitative estimate of drug-likeness (QED) is 0.473. The normalized spacial score (nSPS) is 14.9. The molecule has 3 nitrogen and oxygen atoms in total. The standard InChI is InChI=1S/C10H13F3N2O/c1-5(16-2)10(15-14)6-3-4-7(11)9(13)8(6)12/h3-5,10,15H,14H2,1-2H3. The van der Waals surface area contributed by atoms with Crippen molar-refractivity contribution in [2.24, 2.45) is 5.84 Å². The van der Waals surface area contributed by atoms with Gasteiger partial charge in [-0.25, -0.2) is 13.2 Å². The number of ether oxygens (including phenoxy) is 1. The first kappa shape index (κ1) is 13.0. The molecule has 2 unspecified atom stereocenters.